The van der Waals surface area contributed by atoms with Gasteiger partial charge in [-0.25, -0.2) is 13.1 Å². The number of rotatable bonds is 4. The summed E-state index contributed by atoms with van der Waals surface area (Å²) in [4.78, 5) is 0. The van der Waals surface area contributed by atoms with Crippen molar-refractivity contribution in [2.24, 2.45) is 0 Å². The maximum Gasteiger partial charge on any atom is 0.250 e. The highest BCUT2D eigenvalue weighted by Gasteiger charge is 2.27. The van der Waals surface area contributed by atoms with Crippen molar-refractivity contribution < 1.29 is 13.2 Å². The number of nitrogens with one attached hydrogen (secondary N) is 1. The van der Waals surface area contributed by atoms with Crippen LogP contribution in [0.1, 0.15) is 19.8 Å². The minimum absolute atomic E-state index is 0.0258. The van der Waals surface area contributed by atoms with Crippen LogP contribution < -0.4 is 10.5 Å². The number of ether oxygens (including phenoxy) is 1. The van der Waals surface area contributed by atoms with Gasteiger partial charge in [0.1, 0.15) is 4.21 Å². The number of anilines is 1. The molecule has 0 aromatic carbocycles. The second-order valence-electron chi connectivity index (χ2n) is 4.16. The van der Waals surface area contributed by atoms with E-state index in [-0.39, 0.29) is 16.4 Å². The van der Waals surface area contributed by atoms with Gasteiger partial charge in [-0.05, 0) is 25.8 Å². The quantitative estimate of drug-likeness (QED) is 0.865. The number of nitrogens with two attached hydrogens (primary N) is 1. The maximum absolute atomic E-state index is 12.0. The molecular weight excluding hydrogens is 260 g/mol. The smallest absolute Gasteiger partial charge is 0.250 e. The fourth-order valence-electron chi connectivity index (χ4n) is 1.85. The predicted octanol–water partition coefficient (Wildman–Crippen LogP) is 1.18. The Morgan fingerprint density at radius 1 is 1.65 bits per heavy atom. The lowest BCUT2D eigenvalue weighted by molar-refractivity contribution is 0.0902. The van der Waals surface area contributed by atoms with Gasteiger partial charge in [0.15, 0.2) is 0 Å². The molecule has 5 nitrogen and oxygen atoms in total. The van der Waals surface area contributed by atoms with Crippen molar-refractivity contribution >= 4 is 27.0 Å². The molecule has 1 aliphatic heterocycles. The van der Waals surface area contributed by atoms with E-state index in [4.69, 9.17) is 10.5 Å². The molecule has 0 saturated carbocycles. The molecule has 0 amide bonds. The van der Waals surface area contributed by atoms with E-state index in [9.17, 15) is 8.42 Å². The van der Waals surface area contributed by atoms with E-state index in [2.05, 4.69) is 4.72 Å². The summed E-state index contributed by atoms with van der Waals surface area (Å²) >= 11 is 1.12. The molecule has 1 fully saturated rings. The molecule has 2 rings (SSSR count). The summed E-state index contributed by atoms with van der Waals surface area (Å²) in [6.07, 6.45) is 1.86. The summed E-state index contributed by atoms with van der Waals surface area (Å²) in [5.41, 5.74) is 5.99. The van der Waals surface area contributed by atoms with Gasteiger partial charge in [0.05, 0.1) is 6.10 Å². The van der Waals surface area contributed by atoms with E-state index in [1.807, 2.05) is 6.92 Å². The van der Waals surface area contributed by atoms with Crippen LogP contribution in [0, 0.1) is 0 Å². The van der Waals surface area contributed by atoms with Crippen LogP contribution >= 0.6 is 11.3 Å². The summed E-state index contributed by atoms with van der Waals surface area (Å²) < 4.78 is 32.3. The highest BCUT2D eigenvalue weighted by atomic mass is 32.2. The molecule has 0 aliphatic carbocycles. The lowest BCUT2D eigenvalue weighted by Gasteiger charge is -2.19. The molecule has 1 saturated heterocycles. The average molecular weight is 276 g/mol. The van der Waals surface area contributed by atoms with Crippen LogP contribution in [-0.4, -0.2) is 27.2 Å². The summed E-state index contributed by atoms with van der Waals surface area (Å²) in [6, 6.07) is 1.25. The Bertz CT molecular complexity index is 477. The number of hydrogen-bond acceptors (Lipinski definition) is 5. The second-order valence-corrected chi connectivity index (χ2v) is 7.01. The molecule has 1 aliphatic rings. The first-order valence-electron chi connectivity index (χ1n) is 5.47. The van der Waals surface area contributed by atoms with Crippen molar-refractivity contribution in [3.63, 3.8) is 0 Å². The number of thiophene rings is 1. The summed E-state index contributed by atoms with van der Waals surface area (Å²) in [5, 5.41) is 1.62. The van der Waals surface area contributed by atoms with E-state index in [1.165, 1.54) is 6.07 Å². The molecule has 17 heavy (non-hydrogen) atoms. The van der Waals surface area contributed by atoms with Crippen LogP contribution in [0.5, 0.6) is 0 Å². The second kappa shape index (κ2) is 4.93. The summed E-state index contributed by atoms with van der Waals surface area (Å²) in [7, 11) is -3.47. The Balaban J connectivity index is 2.06. The van der Waals surface area contributed by atoms with Gasteiger partial charge in [-0.2, -0.15) is 0 Å². The SMILES string of the molecule is CC(NS(=O)(=O)c1cc(N)cs1)C1CCCO1. The van der Waals surface area contributed by atoms with Gasteiger partial charge >= 0.3 is 0 Å². The summed E-state index contributed by atoms with van der Waals surface area (Å²) in [6.45, 7) is 2.53. The molecule has 0 spiro atoms. The molecule has 3 N–H and O–H groups in total. The number of hydrogen-bond donors (Lipinski definition) is 2. The standard InChI is InChI=1S/C10H16N2O3S2/c1-7(9-3-2-4-15-9)12-17(13,14)10-5-8(11)6-16-10/h5-7,9,12H,2-4,11H2,1H3. The van der Waals surface area contributed by atoms with Crippen molar-refractivity contribution in [1.82, 2.24) is 4.72 Å². The largest absolute Gasteiger partial charge is 0.398 e. The zero-order valence-electron chi connectivity index (χ0n) is 9.55. The van der Waals surface area contributed by atoms with Crippen molar-refractivity contribution in [3.8, 4) is 0 Å². The Hall–Kier alpha value is -0.630. The van der Waals surface area contributed by atoms with Gasteiger partial charge in [-0.1, -0.05) is 0 Å². The van der Waals surface area contributed by atoms with Crippen molar-refractivity contribution in [1.29, 1.82) is 0 Å². The lowest BCUT2D eigenvalue weighted by Crippen LogP contribution is -2.40. The van der Waals surface area contributed by atoms with E-state index < -0.39 is 10.0 Å². The van der Waals surface area contributed by atoms with Gasteiger partial charge in [0, 0.05) is 23.7 Å². The lowest BCUT2D eigenvalue weighted by atomic mass is 10.1. The van der Waals surface area contributed by atoms with Crippen LogP contribution in [0.25, 0.3) is 0 Å². The van der Waals surface area contributed by atoms with Crippen molar-refractivity contribution in [3.05, 3.63) is 11.4 Å². The van der Waals surface area contributed by atoms with Gasteiger partial charge in [0.2, 0.25) is 10.0 Å². The van der Waals surface area contributed by atoms with E-state index >= 15 is 0 Å². The van der Waals surface area contributed by atoms with E-state index in [1.54, 1.807) is 5.38 Å². The zero-order chi connectivity index (χ0) is 12.5. The normalized spacial score (nSPS) is 22.8. The minimum Gasteiger partial charge on any atom is -0.398 e. The Morgan fingerprint density at radius 3 is 2.94 bits per heavy atom. The third-order valence-electron chi connectivity index (χ3n) is 2.72. The first kappa shape index (κ1) is 12.8. The highest BCUT2D eigenvalue weighted by Crippen LogP contribution is 2.23. The van der Waals surface area contributed by atoms with Gasteiger partial charge < -0.3 is 10.5 Å². The Labute approximate surface area is 105 Å². The highest BCUT2D eigenvalue weighted by molar-refractivity contribution is 7.91. The number of sulfonamides is 1. The van der Waals surface area contributed by atoms with Gasteiger partial charge in [-0.15, -0.1) is 11.3 Å². The fraction of sp³-hybridized carbons (Fsp3) is 0.600. The molecule has 0 bridgehead atoms. The van der Waals surface area contributed by atoms with Crippen molar-refractivity contribution in [2.75, 3.05) is 12.3 Å². The van der Waals surface area contributed by atoms with Crippen molar-refractivity contribution in [2.45, 2.75) is 36.1 Å². The average Bonchev–Trinajstić information content (AvgIpc) is 2.86. The van der Waals surface area contributed by atoms with Crippen LogP contribution in [0.3, 0.4) is 0 Å². The first-order valence-corrected chi connectivity index (χ1v) is 7.83. The summed E-state index contributed by atoms with van der Waals surface area (Å²) in [5.74, 6) is 0. The Morgan fingerprint density at radius 2 is 2.41 bits per heavy atom. The molecule has 2 heterocycles. The molecule has 1 aromatic heterocycles. The molecular formula is C10H16N2O3S2. The fourth-order valence-corrected chi connectivity index (χ4v) is 4.22. The Kier molecular flexibility index (Phi) is 3.72. The van der Waals surface area contributed by atoms with Crippen LogP contribution in [0.2, 0.25) is 0 Å². The topological polar surface area (TPSA) is 81.4 Å². The van der Waals surface area contributed by atoms with Crippen LogP contribution in [0.4, 0.5) is 5.69 Å². The van der Waals surface area contributed by atoms with Crippen LogP contribution in [0.15, 0.2) is 15.7 Å². The minimum atomic E-state index is -3.47. The first-order chi connectivity index (χ1) is 7.99. The third kappa shape index (κ3) is 2.98. The molecule has 0 radical (unpaired) electrons. The maximum atomic E-state index is 12.0. The van der Waals surface area contributed by atoms with Gasteiger partial charge in [0.25, 0.3) is 0 Å². The van der Waals surface area contributed by atoms with Gasteiger partial charge in [-0.3, -0.25) is 0 Å². The predicted molar refractivity (Wildman–Crippen MR) is 67.5 cm³/mol. The number of nitrogen functional groups attached to an aromatic ring is 1. The van der Waals surface area contributed by atoms with E-state index in [0.717, 1.165) is 24.2 Å². The third-order valence-corrected chi connectivity index (χ3v) is 5.74. The molecule has 1 aromatic rings. The van der Waals surface area contributed by atoms with Crippen LogP contribution in [-0.2, 0) is 14.8 Å². The molecule has 96 valence electrons. The monoisotopic (exact) mass is 276 g/mol. The van der Waals surface area contributed by atoms with E-state index in [0.29, 0.717) is 12.3 Å². The molecule has 2 unspecified atom stereocenters. The zero-order valence-corrected chi connectivity index (χ0v) is 11.2. The molecule has 2 atom stereocenters. The molecule has 7 heteroatoms.